The lowest BCUT2D eigenvalue weighted by atomic mass is 10.1. The highest BCUT2D eigenvalue weighted by Gasteiger charge is 2.15. The maximum atomic E-state index is 3.86. The van der Waals surface area contributed by atoms with E-state index in [9.17, 15) is 0 Å². The molecule has 0 heterocycles. The first-order chi connectivity index (χ1) is 7.15. The van der Waals surface area contributed by atoms with Crippen LogP contribution in [0, 0.1) is 0 Å². The summed E-state index contributed by atoms with van der Waals surface area (Å²) in [6.45, 7) is 6.03. The van der Waals surface area contributed by atoms with E-state index >= 15 is 0 Å². The molecule has 15 heavy (non-hydrogen) atoms. The van der Waals surface area contributed by atoms with Crippen LogP contribution in [0.3, 0.4) is 0 Å². The van der Waals surface area contributed by atoms with Gasteiger partial charge in [-0.25, -0.2) is 0 Å². The predicted octanol–water partition coefficient (Wildman–Crippen LogP) is 2.60. The Hall–Kier alpha value is -1.28. The zero-order chi connectivity index (χ0) is 11.3. The Morgan fingerprint density at radius 3 is 2.33 bits per heavy atom. The molecule has 1 aromatic rings. The fourth-order valence-electron chi connectivity index (χ4n) is 1.74. The molecule has 0 bridgehead atoms. The molecule has 0 radical (unpaired) electrons. The lowest BCUT2D eigenvalue weighted by Gasteiger charge is -2.28. The van der Waals surface area contributed by atoms with Crippen molar-refractivity contribution in [1.29, 1.82) is 0 Å². The van der Waals surface area contributed by atoms with E-state index < -0.39 is 0 Å². The second-order valence-corrected chi connectivity index (χ2v) is 3.99. The van der Waals surface area contributed by atoms with Crippen molar-refractivity contribution < 1.29 is 0 Å². The highest BCUT2D eigenvalue weighted by molar-refractivity contribution is 5.43. The van der Waals surface area contributed by atoms with E-state index in [1.54, 1.807) is 0 Å². The normalized spacial score (nSPS) is 14.7. The monoisotopic (exact) mass is 204 g/mol. The van der Waals surface area contributed by atoms with E-state index in [0.717, 1.165) is 5.69 Å². The third-order valence-corrected chi connectivity index (χ3v) is 2.52. The van der Waals surface area contributed by atoms with Crippen LogP contribution in [-0.2, 0) is 0 Å². The van der Waals surface area contributed by atoms with Gasteiger partial charge in [-0.1, -0.05) is 24.3 Å². The van der Waals surface area contributed by atoms with E-state index in [-0.39, 0.29) is 0 Å². The molecule has 0 aliphatic rings. The van der Waals surface area contributed by atoms with Crippen LogP contribution in [0.5, 0.6) is 0 Å². The number of anilines is 1. The molecule has 2 atom stereocenters. The second kappa shape index (κ2) is 5.56. The number of likely N-dealkylation sites (N-methyl/N-ethyl adjacent to an activating group) is 1. The molecule has 82 valence electrons. The lowest BCUT2D eigenvalue weighted by Crippen LogP contribution is -2.39. The highest BCUT2D eigenvalue weighted by atomic mass is 15.1. The second-order valence-electron chi connectivity index (χ2n) is 3.99. The van der Waals surface area contributed by atoms with Gasteiger partial charge < -0.3 is 10.2 Å². The minimum absolute atomic E-state index is 0.338. The summed E-state index contributed by atoms with van der Waals surface area (Å²) in [4.78, 5) is 2.16. The Morgan fingerprint density at radius 2 is 1.87 bits per heavy atom. The van der Waals surface area contributed by atoms with Gasteiger partial charge in [-0.2, -0.15) is 0 Å². The SMILES string of the molecule is C=CC(C(C)Nc1ccccc1)N(C)C. The van der Waals surface area contributed by atoms with E-state index in [1.165, 1.54) is 0 Å². The van der Waals surface area contributed by atoms with Crippen molar-refractivity contribution in [3.8, 4) is 0 Å². The summed E-state index contributed by atoms with van der Waals surface area (Å²) in [5, 5.41) is 3.46. The number of hydrogen-bond donors (Lipinski definition) is 1. The van der Waals surface area contributed by atoms with Crippen LogP contribution < -0.4 is 5.32 Å². The zero-order valence-electron chi connectivity index (χ0n) is 9.77. The summed E-state index contributed by atoms with van der Waals surface area (Å²) in [6, 6.07) is 10.9. The van der Waals surface area contributed by atoms with Gasteiger partial charge in [-0.15, -0.1) is 6.58 Å². The Kier molecular flexibility index (Phi) is 4.37. The number of nitrogens with one attached hydrogen (secondary N) is 1. The molecule has 0 fully saturated rings. The van der Waals surface area contributed by atoms with E-state index in [0.29, 0.717) is 12.1 Å². The smallest absolute Gasteiger partial charge is 0.0469 e. The van der Waals surface area contributed by atoms with Gasteiger partial charge in [-0.3, -0.25) is 0 Å². The predicted molar refractivity (Wildman–Crippen MR) is 67.2 cm³/mol. The van der Waals surface area contributed by atoms with Crippen LogP contribution in [0.15, 0.2) is 43.0 Å². The van der Waals surface area contributed by atoms with Crippen molar-refractivity contribution >= 4 is 5.69 Å². The van der Waals surface area contributed by atoms with Crippen LogP contribution in [0.25, 0.3) is 0 Å². The van der Waals surface area contributed by atoms with Gasteiger partial charge in [-0.05, 0) is 33.2 Å². The van der Waals surface area contributed by atoms with Crippen LogP contribution in [-0.4, -0.2) is 31.1 Å². The van der Waals surface area contributed by atoms with Crippen molar-refractivity contribution in [1.82, 2.24) is 4.90 Å². The van der Waals surface area contributed by atoms with Gasteiger partial charge >= 0.3 is 0 Å². The molecule has 0 aromatic heterocycles. The van der Waals surface area contributed by atoms with Gasteiger partial charge in [0, 0.05) is 17.8 Å². The number of rotatable bonds is 5. The fourth-order valence-corrected chi connectivity index (χ4v) is 1.74. The molecule has 0 saturated carbocycles. The van der Waals surface area contributed by atoms with Crippen LogP contribution >= 0.6 is 0 Å². The average Bonchev–Trinajstić information content (AvgIpc) is 2.19. The van der Waals surface area contributed by atoms with Crippen molar-refractivity contribution in [2.75, 3.05) is 19.4 Å². The van der Waals surface area contributed by atoms with E-state index in [4.69, 9.17) is 0 Å². The highest BCUT2D eigenvalue weighted by Crippen LogP contribution is 2.11. The quantitative estimate of drug-likeness (QED) is 0.742. The standard InChI is InChI=1S/C13H20N2/c1-5-13(15(3)4)11(2)14-12-9-7-6-8-10-12/h5-11,13-14H,1H2,2-4H3. The Balaban J connectivity index is 2.62. The zero-order valence-corrected chi connectivity index (χ0v) is 9.77. The first-order valence-corrected chi connectivity index (χ1v) is 5.25. The summed E-state index contributed by atoms with van der Waals surface area (Å²) in [5.41, 5.74) is 1.15. The summed E-state index contributed by atoms with van der Waals surface area (Å²) in [5.74, 6) is 0. The van der Waals surface area contributed by atoms with Crippen molar-refractivity contribution in [2.45, 2.75) is 19.0 Å². The maximum Gasteiger partial charge on any atom is 0.0469 e. The number of para-hydroxylation sites is 1. The van der Waals surface area contributed by atoms with Crippen LogP contribution in [0.1, 0.15) is 6.92 Å². The average molecular weight is 204 g/mol. The topological polar surface area (TPSA) is 15.3 Å². The summed E-state index contributed by atoms with van der Waals surface area (Å²) >= 11 is 0. The van der Waals surface area contributed by atoms with Crippen LogP contribution in [0.2, 0.25) is 0 Å². The Labute approximate surface area is 92.6 Å². The molecule has 1 rings (SSSR count). The van der Waals surface area contributed by atoms with Crippen molar-refractivity contribution in [3.05, 3.63) is 43.0 Å². The van der Waals surface area contributed by atoms with Gasteiger partial charge in [0.25, 0.3) is 0 Å². The third kappa shape index (κ3) is 3.40. The summed E-state index contributed by atoms with van der Waals surface area (Å²) in [6.07, 6.45) is 1.97. The first kappa shape index (κ1) is 11.8. The molecule has 2 nitrogen and oxygen atoms in total. The summed E-state index contributed by atoms with van der Waals surface area (Å²) in [7, 11) is 4.13. The van der Waals surface area contributed by atoms with Gasteiger partial charge in [0.05, 0.1) is 0 Å². The number of benzene rings is 1. The molecule has 0 aliphatic carbocycles. The minimum Gasteiger partial charge on any atom is -0.381 e. The molecule has 0 amide bonds. The molecule has 2 heteroatoms. The van der Waals surface area contributed by atoms with Gasteiger partial charge in [0.15, 0.2) is 0 Å². The van der Waals surface area contributed by atoms with Crippen molar-refractivity contribution in [3.63, 3.8) is 0 Å². The van der Waals surface area contributed by atoms with Crippen molar-refractivity contribution in [2.24, 2.45) is 0 Å². The Morgan fingerprint density at radius 1 is 1.27 bits per heavy atom. The third-order valence-electron chi connectivity index (χ3n) is 2.52. The summed E-state index contributed by atoms with van der Waals surface area (Å²) < 4.78 is 0. The lowest BCUT2D eigenvalue weighted by molar-refractivity contribution is 0.320. The fraction of sp³-hybridized carbons (Fsp3) is 0.385. The molecule has 1 N–H and O–H groups in total. The Bertz CT molecular complexity index is 293. The molecular formula is C13H20N2. The van der Waals surface area contributed by atoms with E-state index in [1.807, 2.05) is 24.3 Å². The van der Waals surface area contributed by atoms with Gasteiger partial charge in [0.2, 0.25) is 0 Å². The molecule has 0 spiro atoms. The van der Waals surface area contributed by atoms with E-state index in [2.05, 4.69) is 49.9 Å². The van der Waals surface area contributed by atoms with Crippen LogP contribution in [0.4, 0.5) is 5.69 Å². The van der Waals surface area contributed by atoms with Gasteiger partial charge in [0.1, 0.15) is 0 Å². The minimum atomic E-state index is 0.338. The molecule has 0 saturated heterocycles. The largest absolute Gasteiger partial charge is 0.381 e. The molecular weight excluding hydrogens is 184 g/mol. The number of hydrogen-bond acceptors (Lipinski definition) is 2. The molecule has 0 aliphatic heterocycles. The number of nitrogens with zero attached hydrogens (tertiary/aromatic N) is 1. The maximum absolute atomic E-state index is 3.86. The first-order valence-electron chi connectivity index (χ1n) is 5.25. The molecule has 1 aromatic carbocycles. The molecule has 2 unspecified atom stereocenters.